The van der Waals surface area contributed by atoms with E-state index in [1.54, 1.807) is 0 Å². The van der Waals surface area contributed by atoms with Crippen LogP contribution in [0.5, 0.6) is 0 Å². The van der Waals surface area contributed by atoms with Crippen LogP contribution in [0.3, 0.4) is 0 Å². The van der Waals surface area contributed by atoms with Gasteiger partial charge in [-0.1, -0.05) is 0 Å². The molecule has 6 heteroatoms. The molecule has 2 atom stereocenters. The second-order valence-electron chi connectivity index (χ2n) is 4.46. The first-order valence-electron chi connectivity index (χ1n) is 5.80. The fourth-order valence-corrected chi connectivity index (χ4v) is 1.95. The maximum absolute atomic E-state index is 13.1. The van der Waals surface area contributed by atoms with Crippen molar-refractivity contribution in [2.75, 3.05) is 0 Å². The number of benzene rings is 2. The highest BCUT2D eigenvalue weighted by Gasteiger charge is 2.20. The van der Waals surface area contributed by atoms with E-state index in [0.29, 0.717) is 12.1 Å². The number of hydrogen-bond acceptors (Lipinski definition) is 2. The van der Waals surface area contributed by atoms with E-state index in [2.05, 4.69) is 0 Å². The number of nitrogens with two attached hydrogens (primary N) is 2. The van der Waals surface area contributed by atoms with Crippen molar-refractivity contribution < 1.29 is 17.6 Å². The van der Waals surface area contributed by atoms with Crippen LogP contribution in [0.2, 0.25) is 0 Å². The van der Waals surface area contributed by atoms with Gasteiger partial charge in [0.1, 0.15) is 23.3 Å². The Bertz CT molecular complexity index is 535. The molecule has 0 aliphatic heterocycles. The van der Waals surface area contributed by atoms with Crippen molar-refractivity contribution in [1.29, 1.82) is 0 Å². The lowest BCUT2D eigenvalue weighted by atomic mass is 9.94. The number of rotatable bonds is 3. The molecule has 0 aliphatic rings. The third kappa shape index (κ3) is 3.15. The van der Waals surface area contributed by atoms with Gasteiger partial charge in [0.25, 0.3) is 0 Å². The van der Waals surface area contributed by atoms with Gasteiger partial charge in [-0.15, -0.1) is 0 Å². The molecule has 2 nitrogen and oxygen atoms in total. The Balaban J connectivity index is 2.34. The van der Waals surface area contributed by atoms with E-state index in [0.717, 1.165) is 24.3 Å². The molecular weight excluding hydrogens is 272 g/mol. The largest absolute Gasteiger partial charge is 0.322 e. The standard InChI is InChI=1S/C14H12F4N2/c15-9-1-7(2-10(16)5-9)13(19)14(20)8-3-11(17)6-12(18)4-8/h1-6,13-14H,19-20H2/t13-,14?/m1/s1. The van der Waals surface area contributed by atoms with Crippen LogP contribution in [0.4, 0.5) is 17.6 Å². The summed E-state index contributed by atoms with van der Waals surface area (Å²) >= 11 is 0. The summed E-state index contributed by atoms with van der Waals surface area (Å²) in [5.41, 5.74) is 11.8. The van der Waals surface area contributed by atoms with Crippen LogP contribution in [0, 0.1) is 23.3 Å². The molecule has 4 N–H and O–H groups in total. The van der Waals surface area contributed by atoms with Crippen molar-refractivity contribution in [1.82, 2.24) is 0 Å². The molecular formula is C14H12F4N2. The minimum Gasteiger partial charge on any atom is -0.322 e. The van der Waals surface area contributed by atoms with Gasteiger partial charge in [-0.2, -0.15) is 0 Å². The number of hydrogen-bond donors (Lipinski definition) is 2. The van der Waals surface area contributed by atoms with Gasteiger partial charge in [0.05, 0.1) is 0 Å². The van der Waals surface area contributed by atoms with Crippen LogP contribution in [-0.4, -0.2) is 0 Å². The molecule has 0 amide bonds. The molecule has 0 radical (unpaired) electrons. The van der Waals surface area contributed by atoms with Gasteiger partial charge in [-0.25, -0.2) is 17.6 Å². The summed E-state index contributed by atoms with van der Waals surface area (Å²) in [6, 6.07) is 3.52. The fraction of sp³-hybridized carbons (Fsp3) is 0.143. The van der Waals surface area contributed by atoms with Crippen LogP contribution in [0.25, 0.3) is 0 Å². The van der Waals surface area contributed by atoms with E-state index < -0.39 is 35.4 Å². The molecule has 106 valence electrons. The summed E-state index contributed by atoms with van der Waals surface area (Å²) in [5.74, 6) is -3.19. The minimum atomic E-state index is -0.999. The second-order valence-corrected chi connectivity index (χ2v) is 4.46. The Morgan fingerprint density at radius 1 is 0.550 bits per heavy atom. The molecule has 1 unspecified atom stereocenters. The summed E-state index contributed by atoms with van der Waals surface area (Å²) in [7, 11) is 0. The van der Waals surface area contributed by atoms with Gasteiger partial charge >= 0.3 is 0 Å². The predicted molar refractivity (Wildman–Crippen MR) is 66.6 cm³/mol. The highest BCUT2D eigenvalue weighted by Crippen LogP contribution is 2.26. The van der Waals surface area contributed by atoms with Gasteiger partial charge in [0.15, 0.2) is 0 Å². The SMILES string of the molecule is NC(c1cc(F)cc(F)c1)[C@H](N)c1cc(F)cc(F)c1. The molecule has 2 aromatic carbocycles. The maximum Gasteiger partial charge on any atom is 0.126 e. The smallest absolute Gasteiger partial charge is 0.126 e. The molecule has 20 heavy (non-hydrogen) atoms. The molecule has 2 aromatic rings. The van der Waals surface area contributed by atoms with Crippen LogP contribution in [0.15, 0.2) is 36.4 Å². The number of halogens is 4. The molecule has 0 saturated carbocycles. The third-order valence-corrected chi connectivity index (χ3v) is 2.93. The highest BCUT2D eigenvalue weighted by atomic mass is 19.1. The molecule has 0 heterocycles. The Hall–Kier alpha value is -1.92. The van der Waals surface area contributed by atoms with Gasteiger partial charge in [-0.3, -0.25) is 0 Å². The van der Waals surface area contributed by atoms with E-state index in [4.69, 9.17) is 11.5 Å². The van der Waals surface area contributed by atoms with Crippen molar-refractivity contribution in [3.63, 3.8) is 0 Å². The van der Waals surface area contributed by atoms with Crippen molar-refractivity contribution in [2.24, 2.45) is 11.5 Å². The van der Waals surface area contributed by atoms with Crippen molar-refractivity contribution in [3.05, 3.63) is 70.8 Å². The van der Waals surface area contributed by atoms with E-state index >= 15 is 0 Å². The van der Waals surface area contributed by atoms with Crippen molar-refractivity contribution in [3.8, 4) is 0 Å². The van der Waals surface area contributed by atoms with E-state index in [1.165, 1.54) is 0 Å². The lowest BCUT2D eigenvalue weighted by molar-refractivity contribution is 0.532. The minimum absolute atomic E-state index is 0.111. The van der Waals surface area contributed by atoms with Crippen LogP contribution >= 0.6 is 0 Å². The average molecular weight is 284 g/mol. The quantitative estimate of drug-likeness (QED) is 0.851. The van der Waals surface area contributed by atoms with Crippen LogP contribution in [0.1, 0.15) is 23.2 Å². The lowest BCUT2D eigenvalue weighted by Gasteiger charge is -2.21. The van der Waals surface area contributed by atoms with Gasteiger partial charge < -0.3 is 11.5 Å². The first-order chi connectivity index (χ1) is 9.36. The first kappa shape index (κ1) is 14.5. The predicted octanol–water partition coefficient (Wildman–Crippen LogP) is 2.94. The molecule has 0 saturated heterocycles. The normalized spacial score (nSPS) is 14.1. The van der Waals surface area contributed by atoms with E-state index in [9.17, 15) is 17.6 Å². The Kier molecular flexibility index (Phi) is 4.06. The monoisotopic (exact) mass is 284 g/mol. The van der Waals surface area contributed by atoms with Gasteiger partial charge in [0.2, 0.25) is 0 Å². The Morgan fingerprint density at radius 3 is 1.05 bits per heavy atom. The zero-order valence-electron chi connectivity index (χ0n) is 10.3. The summed E-state index contributed by atoms with van der Waals surface area (Å²) in [6.07, 6.45) is 0. The zero-order valence-corrected chi connectivity index (χ0v) is 10.3. The third-order valence-electron chi connectivity index (χ3n) is 2.93. The fourth-order valence-electron chi connectivity index (χ4n) is 1.95. The molecule has 0 aromatic heterocycles. The van der Waals surface area contributed by atoms with Crippen molar-refractivity contribution >= 4 is 0 Å². The van der Waals surface area contributed by atoms with Gasteiger partial charge in [0, 0.05) is 24.2 Å². The molecule has 0 fully saturated rings. The summed E-state index contributed by atoms with van der Waals surface area (Å²) in [4.78, 5) is 0. The molecule has 0 aliphatic carbocycles. The first-order valence-corrected chi connectivity index (χ1v) is 5.80. The molecule has 2 rings (SSSR count). The maximum atomic E-state index is 13.1. The summed E-state index contributed by atoms with van der Waals surface area (Å²) < 4.78 is 52.5. The van der Waals surface area contributed by atoms with Crippen LogP contribution in [-0.2, 0) is 0 Å². The van der Waals surface area contributed by atoms with E-state index in [-0.39, 0.29) is 11.1 Å². The van der Waals surface area contributed by atoms with Gasteiger partial charge in [-0.05, 0) is 35.4 Å². The molecule has 0 bridgehead atoms. The Morgan fingerprint density at radius 2 is 0.800 bits per heavy atom. The summed E-state index contributed by atoms with van der Waals surface area (Å²) in [5, 5.41) is 0. The topological polar surface area (TPSA) is 52.0 Å². The zero-order chi connectivity index (χ0) is 14.9. The highest BCUT2D eigenvalue weighted by molar-refractivity contribution is 5.28. The average Bonchev–Trinajstić information content (AvgIpc) is 2.34. The van der Waals surface area contributed by atoms with Crippen molar-refractivity contribution in [2.45, 2.75) is 12.1 Å². The molecule has 0 spiro atoms. The van der Waals surface area contributed by atoms with Crippen LogP contribution < -0.4 is 11.5 Å². The Labute approximate surface area is 113 Å². The summed E-state index contributed by atoms with van der Waals surface area (Å²) in [6.45, 7) is 0. The second kappa shape index (κ2) is 5.60. The van der Waals surface area contributed by atoms with E-state index in [1.807, 2.05) is 0 Å². The lowest BCUT2D eigenvalue weighted by Crippen LogP contribution is -2.27.